The number of nitrogens with zero attached hydrogens (tertiary/aromatic N) is 5. The number of ether oxygens (including phenoxy) is 2. The molecule has 2 atom stereocenters. The van der Waals surface area contributed by atoms with Gasteiger partial charge in [-0.05, 0) is 56.7 Å². The Morgan fingerprint density at radius 3 is 2.43 bits per heavy atom. The number of carboxylic acids is 1. The number of hydrogen-bond acceptors (Lipinski definition) is 9. The van der Waals surface area contributed by atoms with Crippen LogP contribution in [0.2, 0.25) is 0 Å². The minimum atomic E-state index is -1.47. The van der Waals surface area contributed by atoms with Crippen molar-refractivity contribution in [3.63, 3.8) is 0 Å². The van der Waals surface area contributed by atoms with E-state index in [2.05, 4.69) is 15.7 Å². The Kier molecular flexibility index (Phi) is 11.3. The van der Waals surface area contributed by atoms with E-state index in [9.17, 15) is 38.3 Å². The summed E-state index contributed by atoms with van der Waals surface area (Å²) < 4.78 is 26.1. The molecule has 2 aromatic rings. The molecule has 3 heterocycles. The smallest absolute Gasteiger partial charge is 0.409 e. The highest BCUT2D eigenvalue weighted by atomic mass is 19.1. The topological polar surface area (TPSA) is 193 Å². The third-order valence-electron chi connectivity index (χ3n) is 8.54. The van der Waals surface area contributed by atoms with Crippen molar-refractivity contribution in [3.8, 4) is 11.6 Å². The van der Waals surface area contributed by atoms with Crippen molar-refractivity contribution in [2.75, 3.05) is 52.5 Å². The van der Waals surface area contributed by atoms with Crippen LogP contribution in [0.15, 0.2) is 30.3 Å². The van der Waals surface area contributed by atoms with E-state index >= 15 is 0 Å². The number of aromatic nitrogens is 2. The summed E-state index contributed by atoms with van der Waals surface area (Å²) in [5.74, 6) is -3.81. The second-order valence-corrected chi connectivity index (χ2v) is 12.1. The molecule has 1 aromatic heterocycles. The first-order valence-electron chi connectivity index (χ1n) is 16.3. The number of nitrogens with one attached hydrogen (secondary N) is 2. The van der Waals surface area contributed by atoms with E-state index in [0.717, 1.165) is 23.6 Å². The third kappa shape index (κ3) is 9.03. The fourth-order valence-corrected chi connectivity index (χ4v) is 5.76. The fraction of sp³-hybridized carbons (Fsp3) is 0.531. The summed E-state index contributed by atoms with van der Waals surface area (Å²) in [6, 6.07) is 4.36. The maximum absolute atomic E-state index is 14.2. The Hall–Kier alpha value is -5.22. The molecule has 17 heteroatoms. The van der Waals surface area contributed by atoms with Gasteiger partial charge < -0.3 is 39.9 Å². The van der Waals surface area contributed by atoms with Crippen LogP contribution in [0.4, 0.5) is 9.18 Å². The number of rotatable bonds is 13. The maximum Gasteiger partial charge on any atom is 0.409 e. The van der Waals surface area contributed by atoms with E-state index < -0.39 is 60.7 Å². The Morgan fingerprint density at radius 1 is 1.02 bits per heavy atom. The van der Waals surface area contributed by atoms with Crippen molar-refractivity contribution in [2.45, 2.75) is 51.1 Å². The molecule has 2 aliphatic heterocycles. The molecule has 16 nitrogen and oxygen atoms in total. The summed E-state index contributed by atoms with van der Waals surface area (Å²) in [5.41, 5.74) is -0.127. The molecule has 3 N–H and O–H groups in total. The van der Waals surface area contributed by atoms with E-state index in [0.29, 0.717) is 31.8 Å². The first kappa shape index (κ1) is 35.1. The van der Waals surface area contributed by atoms with Crippen molar-refractivity contribution in [1.29, 1.82) is 0 Å². The zero-order valence-corrected chi connectivity index (χ0v) is 27.1. The van der Waals surface area contributed by atoms with Gasteiger partial charge in [-0.15, -0.1) is 0 Å². The number of amides is 5. The SMILES string of the molecule is CCOC(=O)N1CCN(C(=O)[C@H](CC(=O)O)NC(=O)c2cc(OCC(=O)N3CCC[C@H]3C(=O)NCC3CC3)n(-c3cccc(F)c3)n2)CC1. The molecule has 2 saturated heterocycles. The van der Waals surface area contributed by atoms with Crippen LogP contribution in [0, 0.1) is 11.7 Å². The van der Waals surface area contributed by atoms with Gasteiger partial charge in [0.25, 0.3) is 11.8 Å². The minimum Gasteiger partial charge on any atom is -0.481 e. The van der Waals surface area contributed by atoms with Gasteiger partial charge in [-0.3, -0.25) is 24.0 Å². The summed E-state index contributed by atoms with van der Waals surface area (Å²) in [5, 5.41) is 19.1. The van der Waals surface area contributed by atoms with Gasteiger partial charge in [-0.2, -0.15) is 5.10 Å². The average Bonchev–Trinajstić information content (AvgIpc) is 3.60. The van der Waals surface area contributed by atoms with Gasteiger partial charge in [-0.25, -0.2) is 13.9 Å². The molecule has 0 radical (unpaired) electrons. The number of halogens is 1. The molecular weight excluding hydrogens is 645 g/mol. The van der Waals surface area contributed by atoms with Gasteiger partial charge in [-0.1, -0.05) is 6.07 Å². The molecule has 1 saturated carbocycles. The van der Waals surface area contributed by atoms with E-state index in [4.69, 9.17) is 9.47 Å². The number of benzene rings is 1. The quantitative estimate of drug-likeness (QED) is 0.272. The Morgan fingerprint density at radius 2 is 1.76 bits per heavy atom. The van der Waals surface area contributed by atoms with Gasteiger partial charge in [0.05, 0.1) is 18.7 Å². The molecule has 0 unspecified atom stereocenters. The fourth-order valence-electron chi connectivity index (χ4n) is 5.76. The summed E-state index contributed by atoms with van der Waals surface area (Å²) in [4.78, 5) is 80.7. The van der Waals surface area contributed by atoms with Crippen molar-refractivity contribution in [2.24, 2.45) is 5.92 Å². The number of piperazine rings is 1. The lowest BCUT2D eigenvalue weighted by molar-refractivity contribution is -0.143. The summed E-state index contributed by atoms with van der Waals surface area (Å²) in [7, 11) is 0. The van der Waals surface area contributed by atoms with Gasteiger partial charge in [0, 0.05) is 45.3 Å². The highest BCUT2D eigenvalue weighted by Crippen LogP contribution is 2.28. The number of carbonyl (C=O) groups is 6. The standard InChI is InChI=1S/C32H40FN7O9/c1-2-48-32(47)38-13-11-37(12-14-38)31(46)24(17-28(42)43)35-29(44)23-16-27(40(36-23)22-6-3-5-21(33)15-22)49-19-26(41)39-10-4-7-25(39)30(45)34-18-20-8-9-20/h3,5-6,15-16,20,24-25H,2,4,7-14,17-19H2,1H3,(H,34,45)(H,35,44)(H,42,43)/t24-,25-/m0/s1. The van der Waals surface area contributed by atoms with Crippen molar-refractivity contribution in [1.82, 2.24) is 35.1 Å². The monoisotopic (exact) mass is 685 g/mol. The van der Waals surface area contributed by atoms with Crippen molar-refractivity contribution >= 4 is 35.7 Å². The highest BCUT2D eigenvalue weighted by Gasteiger charge is 2.36. The number of carbonyl (C=O) groups excluding carboxylic acids is 5. The molecule has 0 spiro atoms. The number of carboxylic acid groups (broad SMARTS) is 1. The summed E-state index contributed by atoms with van der Waals surface area (Å²) >= 11 is 0. The predicted molar refractivity (Wildman–Crippen MR) is 168 cm³/mol. The van der Waals surface area contributed by atoms with Gasteiger partial charge in [0.15, 0.2) is 12.3 Å². The summed E-state index contributed by atoms with van der Waals surface area (Å²) in [6.45, 7) is 2.85. The van der Waals surface area contributed by atoms with E-state index in [1.54, 1.807) is 6.92 Å². The number of hydrogen-bond donors (Lipinski definition) is 3. The van der Waals surface area contributed by atoms with Gasteiger partial charge in [0.1, 0.15) is 17.9 Å². The highest BCUT2D eigenvalue weighted by molar-refractivity contribution is 5.97. The molecule has 49 heavy (non-hydrogen) atoms. The Balaban J connectivity index is 1.28. The zero-order chi connectivity index (χ0) is 35.1. The van der Waals surface area contributed by atoms with Crippen LogP contribution in [-0.2, 0) is 23.9 Å². The molecule has 3 fully saturated rings. The third-order valence-corrected chi connectivity index (χ3v) is 8.54. The molecule has 0 bridgehead atoms. The van der Waals surface area contributed by atoms with Crippen LogP contribution >= 0.6 is 0 Å². The zero-order valence-electron chi connectivity index (χ0n) is 27.1. The van der Waals surface area contributed by atoms with Gasteiger partial charge >= 0.3 is 12.1 Å². The Bertz CT molecular complexity index is 1570. The lowest BCUT2D eigenvalue weighted by atomic mass is 10.1. The largest absolute Gasteiger partial charge is 0.481 e. The first-order valence-corrected chi connectivity index (χ1v) is 16.3. The molecule has 5 rings (SSSR count). The average molecular weight is 686 g/mol. The van der Waals surface area contributed by atoms with E-state index in [1.807, 2.05) is 0 Å². The molecule has 5 amide bonds. The van der Waals surface area contributed by atoms with Crippen LogP contribution in [-0.4, -0.2) is 130 Å². The van der Waals surface area contributed by atoms with E-state index in [-0.39, 0.29) is 56.0 Å². The lowest BCUT2D eigenvalue weighted by Gasteiger charge is -2.35. The van der Waals surface area contributed by atoms with Crippen molar-refractivity contribution in [3.05, 3.63) is 41.8 Å². The van der Waals surface area contributed by atoms with E-state index in [1.165, 1.54) is 39.0 Å². The second kappa shape index (κ2) is 15.8. The molecule has 1 aliphatic carbocycles. The normalized spacial score (nSPS) is 18.1. The van der Waals surface area contributed by atoms with Crippen LogP contribution in [0.5, 0.6) is 5.88 Å². The summed E-state index contributed by atoms with van der Waals surface area (Å²) in [6.07, 6.45) is 2.07. The molecular formula is C32H40FN7O9. The van der Waals surface area contributed by atoms with Crippen LogP contribution in [0.3, 0.4) is 0 Å². The number of likely N-dealkylation sites (tertiary alicyclic amines) is 1. The molecule has 264 valence electrons. The first-order chi connectivity index (χ1) is 23.5. The number of aliphatic carboxylic acids is 1. The minimum absolute atomic E-state index is 0.101. The van der Waals surface area contributed by atoms with Crippen LogP contribution in [0.1, 0.15) is 49.5 Å². The van der Waals surface area contributed by atoms with Crippen LogP contribution < -0.4 is 15.4 Å². The predicted octanol–water partition coefficient (Wildman–Crippen LogP) is 0.781. The van der Waals surface area contributed by atoms with Gasteiger partial charge in [0.2, 0.25) is 17.7 Å². The lowest BCUT2D eigenvalue weighted by Crippen LogP contribution is -2.56. The maximum atomic E-state index is 14.2. The molecule has 1 aromatic carbocycles. The second-order valence-electron chi connectivity index (χ2n) is 12.1. The van der Waals surface area contributed by atoms with Crippen LogP contribution in [0.25, 0.3) is 5.69 Å². The Labute approximate surface area is 281 Å². The molecule has 3 aliphatic rings. The van der Waals surface area contributed by atoms with Crippen molar-refractivity contribution < 1.29 is 47.7 Å².